The molecule has 32 heavy (non-hydrogen) atoms. The van der Waals surface area contributed by atoms with Gasteiger partial charge in [-0.25, -0.2) is 4.79 Å². The molecular formula is C19H26N4O9. The van der Waals surface area contributed by atoms with E-state index in [0.29, 0.717) is 5.56 Å². The molecule has 13 heteroatoms. The monoisotopic (exact) mass is 454 g/mol. The number of nitrogens with two attached hydrogens (primary N) is 1. The first-order chi connectivity index (χ1) is 14.9. The standard InChI is InChI=1S/C19H26N4O9/c1-9(20)16(28)21-12(6-10-2-4-11(25)5-3-10)17(29)23-14(8-24)18(30)22-13(19(31)32)7-15(26)27/h2-5,9,12-14,24-25H,6-8,20H2,1H3,(H,21,28)(H,22,30)(H,23,29)(H,26,27)(H,31,32). The third-order valence-electron chi connectivity index (χ3n) is 4.23. The number of phenolic OH excluding ortho intramolecular Hbond substituents is 1. The van der Waals surface area contributed by atoms with Crippen LogP contribution in [0.25, 0.3) is 0 Å². The second-order valence-electron chi connectivity index (χ2n) is 6.96. The van der Waals surface area contributed by atoms with Crippen LogP contribution in [0.5, 0.6) is 5.75 Å². The number of benzene rings is 1. The van der Waals surface area contributed by atoms with Crippen LogP contribution in [0.1, 0.15) is 18.9 Å². The minimum Gasteiger partial charge on any atom is -0.508 e. The van der Waals surface area contributed by atoms with Crippen molar-refractivity contribution in [3.63, 3.8) is 0 Å². The molecule has 0 fully saturated rings. The smallest absolute Gasteiger partial charge is 0.326 e. The number of phenols is 1. The summed E-state index contributed by atoms with van der Waals surface area (Å²) in [6.45, 7) is 0.466. The number of amides is 3. The number of rotatable bonds is 12. The lowest BCUT2D eigenvalue weighted by molar-refractivity contribution is -0.147. The molecule has 0 radical (unpaired) electrons. The number of aliphatic carboxylic acids is 2. The van der Waals surface area contributed by atoms with E-state index in [1.807, 2.05) is 5.32 Å². The quantitative estimate of drug-likeness (QED) is 0.163. The largest absolute Gasteiger partial charge is 0.508 e. The van der Waals surface area contributed by atoms with Crippen LogP contribution >= 0.6 is 0 Å². The lowest BCUT2D eigenvalue weighted by atomic mass is 10.0. The van der Waals surface area contributed by atoms with Gasteiger partial charge >= 0.3 is 11.9 Å². The van der Waals surface area contributed by atoms with Gasteiger partial charge in [-0.15, -0.1) is 0 Å². The number of hydrogen-bond acceptors (Lipinski definition) is 8. The van der Waals surface area contributed by atoms with E-state index < -0.39 is 66.9 Å². The van der Waals surface area contributed by atoms with E-state index in [0.717, 1.165) is 0 Å². The molecule has 4 unspecified atom stereocenters. The molecule has 176 valence electrons. The topological polar surface area (TPSA) is 228 Å². The van der Waals surface area contributed by atoms with Crippen LogP contribution in [0.4, 0.5) is 0 Å². The van der Waals surface area contributed by atoms with E-state index in [4.69, 9.17) is 15.9 Å². The Hall–Kier alpha value is -3.71. The number of carbonyl (C=O) groups excluding carboxylic acids is 3. The number of carboxylic acids is 2. The minimum atomic E-state index is -1.78. The second-order valence-corrected chi connectivity index (χ2v) is 6.96. The van der Waals surface area contributed by atoms with Crippen molar-refractivity contribution in [1.82, 2.24) is 16.0 Å². The molecule has 0 spiro atoms. The second kappa shape index (κ2) is 12.2. The maximum absolute atomic E-state index is 12.7. The summed E-state index contributed by atoms with van der Waals surface area (Å²) in [5.74, 6) is -5.78. The number of aromatic hydroxyl groups is 1. The van der Waals surface area contributed by atoms with Gasteiger partial charge in [0.05, 0.1) is 19.1 Å². The molecule has 1 aromatic carbocycles. The maximum Gasteiger partial charge on any atom is 0.326 e. The van der Waals surface area contributed by atoms with Crippen LogP contribution in [0.3, 0.4) is 0 Å². The number of nitrogens with one attached hydrogen (secondary N) is 3. The highest BCUT2D eigenvalue weighted by Gasteiger charge is 2.30. The molecular weight excluding hydrogens is 428 g/mol. The van der Waals surface area contributed by atoms with Crippen LogP contribution < -0.4 is 21.7 Å². The summed E-state index contributed by atoms with van der Waals surface area (Å²) in [6.07, 6.45) is -0.970. The highest BCUT2D eigenvalue weighted by atomic mass is 16.4. The summed E-state index contributed by atoms with van der Waals surface area (Å²) in [4.78, 5) is 58.9. The number of hydrogen-bond donors (Lipinski definition) is 8. The van der Waals surface area contributed by atoms with Crippen LogP contribution in [-0.4, -0.2) is 80.9 Å². The Labute approximate surface area is 182 Å². The molecule has 0 aromatic heterocycles. The van der Waals surface area contributed by atoms with Gasteiger partial charge in [-0.1, -0.05) is 12.1 Å². The Morgan fingerprint density at radius 3 is 1.84 bits per heavy atom. The Kier molecular flexibility index (Phi) is 10.1. The van der Waals surface area contributed by atoms with E-state index in [1.54, 1.807) is 0 Å². The fourth-order valence-corrected chi connectivity index (χ4v) is 2.49. The highest BCUT2D eigenvalue weighted by Crippen LogP contribution is 2.12. The van der Waals surface area contributed by atoms with Crippen molar-refractivity contribution in [2.45, 2.75) is 43.9 Å². The molecule has 0 aliphatic rings. The molecule has 1 aromatic rings. The first-order valence-corrected chi connectivity index (χ1v) is 9.44. The Morgan fingerprint density at radius 1 is 0.875 bits per heavy atom. The third-order valence-corrected chi connectivity index (χ3v) is 4.23. The number of aliphatic hydroxyl groups excluding tert-OH is 1. The normalized spacial score (nSPS) is 14.3. The molecule has 0 aliphatic heterocycles. The van der Waals surface area contributed by atoms with Gasteiger partial charge in [-0.3, -0.25) is 19.2 Å². The average molecular weight is 454 g/mol. The van der Waals surface area contributed by atoms with Crippen molar-refractivity contribution in [2.75, 3.05) is 6.61 Å². The highest BCUT2D eigenvalue weighted by molar-refractivity contribution is 5.94. The van der Waals surface area contributed by atoms with Gasteiger partial charge in [-0.2, -0.15) is 0 Å². The van der Waals surface area contributed by atoms with E-state index in [9.17, 15) is 34.2 Å². The van der Waals surface area contributed by atoms with E-state index in [1.165, 1.54) is 31.2 Å². The van der Waals surface area contributed by atoms with Crippen LogP contribution in [-0.2, 0) is 30.4 Å². The number of carbonyl (C=O) groups is 5. The number of aliphatic hydroxyl groups is 1. The average Bonchev–Trinajstić information content (AvgIpc) is 2.71. The summed E-state index contributed by atoms with van der Waals surface area (Å²) in [7, 11) is 0. The van der Waals surface area contributed by atoms with Gasteiger partial charge in [0, 0.05) is 6.42 Å². The number of carboxylic acid groups (broad SMARTS) is 2. The first kappa shape index (κ1) is 26.3. The van der Waals surface area contributed by atoms with Crippen molar-refractivity contribution < 1.29 is 44.4 Å². The Morgan fingerprint density at radius 2 is 1.38 bits per heavy atom. The van der Waals surface area contributed by atoms with Crippen molar-refractivity contribution in [2.24, 2.45) is 5.73 Å². The predicted molar refractivity (Wildman–Crippen MR) is 108 cm³/mol. The summed E-state index contributed by atoms with van der Waals surface area (Å²) in [5, 5.41) is 43.2. The van der Waals surface area contributed by atoms with Gasteiger partial charge in [0.25, 0.3) is 0 Å². The zero-order chi connectivity index (χ0) is 24.4. The molecule has 9 N–H and O–H groups in total. The summed E-state index contributed by atoms with van der Waals surface area (Å²) in [5.41, 5.74) is 6.06. The molecule has 3 amide bonds. The Balaban J connectivity index is 2.96. The predicted octanol–water partition coefficient (Wildman–Crippen LogP) is -2.71. The van der Waals surface area contributed by atoms with Gasteiger partial charge in [0.1, 0.15) is 23.9 Å². The summed E-state index contributed by atoms with van der Waals surface area (Å²) in [6, 6.07) is 0.181. The molecule has 4 atom stereocenters. The first-order valence-electron chi connectivity index (χ1n) is 9.44. The van der Waals surface area contributed by atoms with Gasteiger partial charge in [0.2, 0.25) is 17.7 Å². The fraction of sp³-hybridized carbons (Fsp3) is 0.421. The Bertz CT molecular complexity index is 842. The molecule has 0 heterocycles. The molecule has 0 bridgehead atoms. The third kappa shape index (κ3) is 8.57. The fourth-order valence-electron chi connectivity index (χ4n) is 2.49. The summed E-state index contributed by atoms with van der Waals surface area (Å²) < 4.78 is 0. The zero-order valence-corrected chi connectivity index (χ0v) is 17.1. The minimum absolute atomic E-state index is 0.0132. The van der Waals surface area contributed by atoms with Crippen molar-refractivity contribution in [3.8, 4) is 5.75 Å². The van der Waals surface area contributed by atoms with Crippen molar-refractivity contribution in [1.29, 1.82) is 0 Å². The van der Waals surface area contributed by atoms with Crippen molar-refractivity contribution in [3.05, 3.63) is 29.8 Å². The maximum atomic E-state index is 12.7. The van der Waals surface area contributed by atoms with Crippen molar-refractivity contribution >= 4 is 29.7 Å². The van der Waals surface area contributed by atoms with E-state index in [-0.39, 0.29) is 12.2 Å². The molecule has 13 nitrogen and oxygen atoms in total. The lowest BCUT2D eigenvalue weighted by Crippen LogP contribution is -2.58. The van der Waals surface area contributed by atoms with Crippen LogP contribution in [0.2, 0.25) is 0 Å². The van der Waals surface area contributed by atoms with Crippen LogP contribution in [0, 0.1) is 0 Å². The van der Waals surface area contributed by atoms with E-state index >= 15 is 0 Å². The summed E-state index contributed by atoms with van der Waals surface area (Å²) >= 11 is 0. The lowest BCUT2D eigenvalue weighted by Gasteiger charge is -2.24. The van der Waals surface area contributed by atoms with E-state index in [2.05, 4.69) is 10.6 Å². The van der Waals surface area contributed by atoms with Crippen LogP contribution in [0.15, 0.2) is 24.3 Å². The van der Waals surface area contributed by atoms with Gasteiger partial charge < -0.3 is 42.1 Å². The zero-order valence-electron chi connectivity index (χ0n) is 17.1. The SMILES string of the molecule is CC(N)C(=O)NC(Cc1ccc(O)cc1)C(=O)NC(CO)C(=O)NC(CC(=O)O)C(=O)O. The molecule has 1 rings (SSSR count). The molecule has 0 saturated heterocycles. The van der Waals surface area contributed by atoms with Gasteiger partial charge in [-0.05, 0) is 24.6 Å². The molecule has 0 saturated carbocycles. The van der Waals surface area contributed by atoms with Gasteiger partial charge in [0.15, 0.2) is 0 Å². The molecule has 0 aliphatic carbocycles.